The molecule has 7 nitrogen and oxygen atoms in total. The second-order valence-electron chi connectivity index (χ2n) is 3.09. The van der Waals surface area contributed by atoms with Crippen LogP contribution in [0.5, 0.6) is 0 Å². The molecule has 1 aromatic heterocycles. The Hall–Kier alpha value is -1.41. The fraction of sp³-hybridized carbons (Fsp3) is 0.556. The van der Waals surface area contributed by atoms with Crippen LogP contribution in [0.25, 0.3) is 0 Å². The van der Waals surface area contributed by atoms with Crippen LogP contribution in [0.3, 0.4) is 0 Å². The maximum Gasteiger partial charge on any atom is 0.343 e. The molecule has 2 N–H and O–H groups in total. The number of hydrogen-bond acceptors (Lipinski definition) is 7. The molecule has 0 saturated carbocycles. The molecule has 0 aliphatic rings. The summed E-state index contributed by atoms with van der Waals surface area (Å²) in [5.41, 5.74) is -0.0997. The quantitative estimate of drug-likeness (QED) is 0.250. The number of aliphatic hydroxyl groups excluding tert-OH is 1. The molecule has 0 atom stereocenters. The molecule has 1 rings (SSSR count). The lowest BCUT2D eigenvalue weighted by Crippen LogP contribution is -2.06. The molecule has 8 heteroatoms. The van der Waals surface area contributed by atoms with Crippen molar-refractivity contribution in [3.05, 3.63) is 16.4 Å². The van der Waals surface area contributed by atoms with E-state index in [1.54, 1.807) is 0 Å². The van der Waals surface area contributed by atoms with Crippen LogP contribution < -0.4 is 5.32 Å². The van der Waals surface area contributed by atoms with Gasteiger partial charge in [0.1, 0.15) is 6.33 Å². The van der Waals surface area contributed by atoms with Crippen LogP contribution in [-0.4, -0.2) is 38.9 Å². The summed E-state index contributed by atoms with van der Waals surface area (Å²) in [4.78, 5) is 18.2. The Bertz CT molecular complexity index is 389. The van der Waals surface area contributed by atoms with Gasteiger partial charge in [-0.1, -0.05) is 11.8 Å². The molecule has 0 saturated heterocycles. The van der Waals surface area contributed by atoms with Crippen molar-refractivity contribution in [2.45, 2.75) is 18.4 Å². The lowest BCUT2D eigenvalue weighted by Gasteiger charge is -2.06. The summed E-state index contributed by atoms with van der Waals surface area (Å²) in [6, 6.07) is 0. The first-order chi connectivity index (χ1) is 8.20. The van der Waals surface area contributed by atoms with Gasteiger partial charge in [0, 0.05) is 18.9 Å². The topological polar surface area (TPSA) is 101 Å². The summed E-state index contributed by atoms with van der Waals surface area (Å²) in [6.07, 6.45) is 1.87. The number of aromatic nitrogens is 2. The Labute approximate surface area is 103 Å². The zero-order valence-corrected chi connectivity index (χ0v) is 10.2. The molecule has 0 aromatic carbocycles. The summed E-state index contributed by atoms with van der Waals surface area (Å²) in [7, 11) is 0. The minimum atomic E-state index is -0.487. The van der Waals surface area contributed by atoms with Crippen molar-refractivity contribution >= 4 is 23.3 Å². The highest BCUT2D eigenvalue weighted by molar-refractivity contribution is 7.99. The second kappa shape index (κ2) is 7.02. The van der Waals surface area contributed by atoms with Crippen molar-refractivity contribution in [1.29, 1.82) is 0 Å². The van der Waals surface area contributed by atoms with Gasteiger partial charge in [0.2, 0.25) is 5.82 Å². The zero-order chi connectivity index (χ0) is 12.7. The second-order valence-corrected chi connectivity index (χ2v) is 4.17. The predicted octanol–water partition coefficient (Wildman–Crippen LogP) is 1.29. The van der Waals surface area contributed by atoms with E-state index in [1.165, 1.54) is 18.1 Å². The number of hydrogen-bond donors (Lipinski definition) is 2. The van der Waals surface area contributed by atoms with E-state index in [0.29, 0.717) is 23.7 Å². The third-order valence-electron chi connectivity index (χ3n) is 1.86. The van der Waals surface area contributed by atoms with Gasteiger partial charge in [-0.15, -0.1) is 0 Å². The normalized spacial score (nSPS) is 10.2. The monoisotopic (exact) mass is 258 g/mol. The van der Waals surface area contributed by atoms with Crippen molar-refractivity contribution in [1.82, 2.24) is 9.97 Å². The SMILES string of the molecule is CCNc1ncnc(SCCCO)c1[N+](=O)[O-]. The van der Waals surface area contributed by atoms with Crippen LogP contribution in [0.1, 0.15) is 13.3 Å². The van der Waals surface area contributed by atoms with Gasteiger partial charge >= 0.3 is 5.69 Å². The van der Waals surface area contributed by atoms with E-state index in [9.17, 15) is 10.1 Å². The molecule has 0 spiro atoms. The lowest BCUT2D eigenvalue weighted by atomic mass is 10.5. The van der Waals surface area contributed by atoms with E-state index in [0.717, 1.165) is 0 Å². The minimum absolute atomic E-state index is 0.0615. The van der Waals surface area contributed by atoms with Crippen molar-refractivity contribution in [2.75, 3.05) is 24.2 Å². The van der Waals surface area contributed by atoms with E-state index in [2.05, 4.69) is 15.3 Å². The fourth-order valence-corrected chi connectivity index (χ4v) is 2.06. The molecule has 0 bridgehead atoms. The van der Waals surface area contributed by atoms with E-state index in [-0.39, 0.29) is 18.1 Å². The predicted molar refractivity (Wildman–Crippen MR) is 65.3 cm³/mol. The van der Waals surface area contributed by atoms with Gasteiger partial charge in [0.05, 0.1) is 4.92 Å². The van der Waals surface area contributed by atoms with E-state index < -0.39 is 4.92 Å². The number of nitrogens with one attached hydrogen (secondary N) is 1. The van der Waals surface area contributed by atoms with Gasteiger partial charge in [-0.2, -0.15) is 0 Å². The molecule has 0 unspecified atom stereocenters. The molecular weight excluding hydrogens is 244 g/mol. The minimum Gasteiger partial charge on any atom is -0.396 e. The number of nitro groups is 1. The first-order valence-corrected chi connectivity index (χ1v) is 6.16. The summed E-state index contributed by atoms with van der Waals surface area (Å²) in [5.74, 6) is 0.818. The van der Waals surface area contributed by atoms with Crippen molar-refractivity contribution < 1.29 is 10.0 Å². The molecule has 0 aliphatic carbocycles. The lowest BCUT2D eigenvalue weighted by molar-refractivity contribution is -0.387. The maximum atomic E-state index is 11.0. The van der Waals surface area contributed by atoms with E-state index in [1.807, 2.05) is 6.92 Å². The highest BCUT2D eigenvalue weighted by atomic mass is 32.2. The molecule has 1 heterocycles. The molecule has 1 aromatic rings. The van der Waals surface area contributed by atoms with Crippen LogP contribution in [0.15, 0.2) is 11.4 Å². The Morgan fingerprint density at radius 2 is 2.35 bits per heavy atom. The molecule has 0 amide bonds. The van der Waals surface area contributed by atoms with Crippen molar-refractivity contribution in [3.63, 3.8) is 0 Å². The Morgan fingerprint density at radius 1 is 1.59 bits per heavy atom. The highest BCUT2D eigenvalue weighted by Crippen LogP contribution is 2.32. The third-order valence-corrected chi connectivity index (χ3v) is 2.92. The Morgan fingerprint density at radius 3 is 2.94 bits per heavy atom. The molecule has 0 radical (unpaired) electrons. The zero-order valence-electron chi connectivity index (χ0n) is 9.42. The standard InChI is InChI=1S/C9H14N4O3S/c1-2-10-8-7(13(15)16)9(12-6-11-8)17-5-3-4-14/h6,14H,2-5H2,1H3,(H,10,11,12). The first kappa shape index (κ1) is 13.7. The van der Waals surface area contributed by atoms with Gasteiger partial charge < -0.3 is 10.4 Å². The highest BCUT2D eigenvalue weighted by Gasteiger charge is 2.22. The molecular formula is C9H14N4O3S. The number of rotatable bonds is 7. The van der Waals surface area contributed by atoms with Crippen molar-refractivity contribution in [3.8, 4) is 0 Å². The Kier molecular flexibility index (Phi) is 5.64. The van der Waals surface area contributed by atoms with Crippen LogP contribution in [0.4, 0.5) is 11.5 Å². The molecule has 17 heavy (non-hydrogen) atoms. The average molecular weight is 258 g/mol. The fourth-order valence-electron chi connectivity index (χ4n) is 1.16. The number of nitrogens with zero attached hydrogens (tertiary/aromatic N) is 3. The van der Waals surface area contributed by atoms with Crippen LogP contribution in [0, 0.1) is 10.1 Å². The first-order valence-electron chi connectivity index (χ1n) is 5.17. The summed E-state index contributed by atoms with van der Waals surface area (Å²) >= 11 is 1.25. The van der Waals surface area contributed by atoms with Gasteiger partial charge in [0.25, 0.3) is 0 Å². The van der Waals surface area contributed by atoms with Gasteiger partial charge in [-0.3, -0.25) is 10.1 Å². The van der Waals surface area contributed by atoms with Crippen molar-refractivity contribution in [2.24, 2.45) is 0 Å². The summed E-state index contributed by atoms with van der Waals surface area (Å²) in [6.45, 7) is 2.45. The summed E-state index contributed by atoms with van der Waals surface area (Å²) < 4.78 is 0. The maximum absolute atomic E-state index is 11.0. The van der Waals surface area contributed by atoms with Gasteiger partial charge in [-0.25, -0.2) is 9.97 Å². The van der Waals surface area contributed by atoms with E-state index in [4.69, 9.17) is 5.11 Å². The van der Waals surface area contributed by atoms with E-state index >= 15 is 0 Å². The largest absolute Gasteiger partial charge is 0.396 e. The molecule has 0 aliphatic heterocycles. The van der Waals surface area contributed by atoms with Crippen LogP contribution in [0.2, 0.25) is 0 Å². The van der Waals surface area contributed by atoms with Gasteiger partial charge in [-0.05, 0) is 13.3 Å². The van der Waals surface area contributed by atoms with Crippen LogP contribution >= 0.6 is 11.8 Å². The average Bonchev–Trinajstić information content (AvgIpc) is 2.29. The number of anilines is 1. The molecule has 94 valence electrons. The Balaban J connectivity index is 2.94. The third kappa shape index (κ3) is 3.82. The smallest absolute Gasteiger partial charge is 0.343 e. The van der Waals surface area contributed by atoms with Crippen LogP contribution in [-0.2, 0) is 0 Å². The summed E-state index contributed by atoms with van der Waals surface area (Å²) in [5, 5.41) is 22.8. The molecule has 0 fully saturated rings. The number of thioether (sulfide) groups is 1. The van der Waals surface area contributed by atoms with Gasteiger partial charge in [0.15, 0.2) is 5.03 Å². The number of aliphatic hydroxyl groups is 1.